The highest BCUT2D eigenvalue weighted by atomic mass is 32.3. The molecule has 0 atom stereocenters. The molecule has 0 spiro atoms. The van der Waals surface area contributed by atoms with Crippen molar-refractivity contribution < 1.29 is 21.6 Å². The topological polar surface area (TPSA) is 66.4 Å². The Hall–Kier alpha value is -0.170. The molecule has 0 heterocycles. The van der Waals surface area contributed by atoms with E-state index in [-0.39, 0.29) is 6.61 Å². The third-order valence-electron chi connectivity index (χ3n) is 6.26. The predicted octanol–water partition coefficient (Wildman–Crippen LogP) is 6.83. The largest absolute Gasteiger partial charge is 0.726 e. The SMILES string of the molecule is CCCCCCCCCCCCCCCC[N+](CC)(CC)CC.CCOS(=O)(=O)[O-]. The summed E-state index contributed by atoms with van der Waals surface area (Å²) < 4.78 is 33.3. The number of unbranched alkanes of at least 4 members (excludes halogenated alkanes) is 13. The van der Waals surface area contributed by atoms with Crippen LogP contribution < -0.4 is 0 Å². The Morgan fingerprint density at radius 1 is 0.600 bits per heavy atom. The van der Waals surface area contributed by atoms with E-state index in [9.17, 15) is 13.0 Å². The van der Waals surface area contributed by atoms with Crippen LogP contribution in [-0.4, -0.2) is 50.2 Å². The molecule has 0 aromatic rings. The van der Waals surface area contributed by atoms with E-state index >= 15 is 0 Å². The fraction of sp³-hybridized carbons (Fsp3) is 1.00. The van der Waals surface area contributed by atoms with Crippen LogP contribution in [0.5, 0.6) is 0 Å². The van der Waals surface area contributed by atoms with Gasteiger partial charge >= 0.3 is 0 Å². The van der Waals surface area contributed by atoms with Gasteiger partial charge in [0.15, 0.2) is 0 Å². The number of hydrogen-bond acceptors (Lipinski definition) is 4. The van der Waals surface area contributed by atoms with Gasteiger partial charge in [0.2, 0.25) is 10.4 Å². The molecule has 0 amide bonds. The summed E-state index contributed by atoms with van der Waals surface area (Å²) in [5.41, 5.74) is 0. The van der Waals surface area contributed by atoms with Gasteiger partial charge in [-0.2, -0.15) is 0 Å². The maximum absolute atomic E-state index is 9.45. The lowest BCUT2D eigenvalue weighted by molar-refractivity contribution is -0.923. The van der Waals surface area contributed by atoms with Crippen molar-refractivity contribution >= 4 is 10.4 Å². The molecule has 0 aliphatic carbocycles. The van der Waals surface area contributed by atoms with E-state index < -0.39 is 10.4 Å². The van der Waals surface area contributed by atoms with Crippen molar-refractivity contribution in [3.63, 3.8) is 0 Å². The first-order valence-corrected chi connectivity index (χ1v) is 14.1. The Balaban J connectivity index is 0. The standard InChI is InChI=1S/C22H48N.C2H6O4S/c1-5-9-10-11-12-13-14-15-16-17-18-19-20-21-22-23(6-2,7-3)8-4;1-2-6-7(3,4)5/h5-22H2,1-4H3;2H2,1H3,(H,3,4,5)/q+1;/p-1. The number of hydrogen-bond donors (Lipinski definition) is 0. The highest BCUT2D eigenvalue weighted by Crippen LogP contribution is 2.14. The van der Waals surface area contributed by atoms with E-state index in [0.29, 0.717) is 0 Å². The first-order valence-electron chi connectivity index (χ1n) is 12.8. The van der Waals surface area contributed by atoms with E-state index in [2.05, 4.69) is 31.9 Å². The Labute approximate surface area is 189 Å². The normalized spacial score (nSPS) is 11.9. The molecule has 0 saturated carbocycles. The van der Waals surface area contributed by atoms with Crippen LogP contribution in [0.4, 0.5) is 0 Å². The highest BCUT2D eigenvalue weighted by Gasteiger charge is 2.19. The van der Waals surface area contributed by atoms with E-state index in [1.807, 2.05) is 0 Å². The van der Waals surface area contributed by atoms with Crippen LogP contribution in [0.1, 0.15) is 125 Å². The maximum Gasteiger partial charge on any atom is 0.217 e. The van der Waals surface area contributed by atoms with Crippen LogP contribution in [0.2, 0.25) is 0 Å². The van der Waals surface area contributed by atoms with Crippen molar-refractivity contribution in [1.82, 2.24) is 0 Å². The van der Waals surface area contributed by atoms with Gasteiger partial charge in [0, 0.05) is 0 Å². The van der Waals surface area contributed by atoms with Crippen molar-refractivity contribution in [1.29, 1.82) is 0 Å². The Morgan fingerprint density at radius 3 is 1.17 bits per heavy atom. The van der Waals surface area contributed by atoms with E-state index in [1.165, 1.54) is 127 Å². The van der Waals surface area contributed by atoms with Gasteiger partial charge < -0.3 is 9.04 Å². The minimum Gasteiger partial charge on any atom is -0.726 e. The van der Waals surface area contributed by atoms with Gasteiger partial charge in [-0.25, -0.2) is 8.42 Å². The molecular formula is C24H53NO4S. The number of rotatable bonds is 20. The molecule has 0 rings (SSSR count). The van der Waals surface area contributed by atoms with E-state index in [1.54, 1.807) is 0 Å². The lowest BCUT2D eigenvalue weighted by Gasteiger charge is -2.35. The van der Waals surface area contributed by atoms with Gasteiger partial charge in [-0.1, -0.05) is 84.0 Å². The zero-order chi connectivity index (χ0) is 23.1. The lowest BCUT2D eigenvalue weighted by Crippen LogP contribution is -2.48. The molecule has 0 aromatic carbocycles. The first-order chi connectivity index (χ1) is 14.3. The lowest BCUT2D eigenvalue weighted by atomic mass is 10.0. The van der Waals surface area contributed by atoms with Crippen molar-refractivity contribution in [2.75, 3.05) is 32.8 Å². The molecule has 0 aliphatic heterocycles. The summed E-state index contributed by atoms with van der Waals surface area (Å²) in [4.78, 5) is 0. The summed E-state index contributed by atoms with van der Waals surface area (Å²) in [6, 6.07) is 0. The Kier molecular flexibility index (Phi) is 23.5. The van der Waals surface area contributed by atoms with Crippen molar-refractivity contribution in [3.8, 4) is 0 Å². The van der Waals surface area contributed by atoms with Crippen molar-refractivity contribution in [2.45, 2.75) is 125 Å². The van der Waals surface area contributed by atoms with Gasteiger partial charge in [-0.3, -0.25) is 4.18 Å². The molecule has 0 bridgehead atoms. The van der Waals surface area contributed by atoms with E-state index in [0.717, 1.165) is 0 Å². The van der Waals surface area contributed by atoms with Gasteiger partial charge in [-0.05, 0) is 40.5 Å². The smallest absolute Gasteiger partial charge is 0.217 e. The summed E-state index contributed by atoms with van der Waals surface area (Å²) in [6.45, 7) is 16.0. The summed E-state index contributed by atoms with van der Waals surface area (Å²) in [5, 5.41) is 0. The molecule has 0 aromatic heterocycles. The van der Waals surface area contributed by atoms with Gasteiger partial charge in [0.05, 0.1) is 32.8 Å². The minimum absolute atomic E-state index is 0.0914. The first kappa shape index (κ1) is 32.0. The van der Waals surface area contributed by atoms with Crippen LogP contribution in [-0.2, 0) is 14.6 Å². The molecule has 184 valence electrons. The summed E-state index contributed by atoms with van der Waals surface area (Å²) in [7, 11) is -4.42. The summed E-state index contributed by atoms with van der Waals surface area (Å²) >= 11 is 0. The molecule has 0 saturated heterocycles. The van der Waals surface area contributed by atoms with Gasteiger partial charge in [0.1, 0.15) is 0 Å². The van der Waals surface area contributed by atoms with Gasteiger partial charge in [0.25, 0.3) is 0 Å². The average Bonchev–Trinajstić information content (AvgIpc) is 2.71. The quantitative estimate of drug-likeness (QED) is 0.0880. The van der Waals surface area contributed by atoms with Crippen molar-refractivity contribution in [2.24, 2.45) is 0 Å². The number of quaternary nitrogens is 1. The van der Waals surface area contributed by atoms with Crippen LogP contribution >= 0.6 is 0 Å². The predicted molar refractivity (Wildman–Crippen MR) is 128 cm³/mol. The monoisotopic (exact) mass is 451 g/mol. The number of nitrogens with zero attached hydrogens (tertiary/aromatic N) is 1. The third-order valence-corrected chi connectivity index (χ3v) is 6.79. The molecule has 0 unspecified atom stereocenters. The van der Waals surface area contributed by atoms with Crippen LogP contribution in [0.15, 0.2) is 0 Å². The molecule has 0 aliphatic rings. The fourth-order valence-electron chi connectivity index (χ4n) is 3.93. The Bertz CT molecular complexity index is 428. The summed E-state index contributed by atoms with van der Waals surface area (Å²) in [5.74, 6) is 0. The van der Waals surface area contributed by atoms with E-state index in [4.69, 9.17) is 0 Å². The second-order valence-corrected chi connectivity index (χ2v) is 9.48. The molecule has 0 fully saturated rings. The molecule has 30 heavy (non-hydrogen) atoms. The highest BCUT2D eigenvalue weighted by molar-refractivity contribution is 7.80. The molecular weight excluding hydrogens is 398 g/mol. The fourth-order valence-corrected chi connectivity index (χ4v) is 4.22. The molecule has 5 nitrogen and oxygen atoms in total. The third kappa shape index (κ3) is 22.5. The zero-order valence-corrected chi connectivity index (χ0v) is 21.7. The Morgan fingerprint density at radius 2 is 0.933 bits per heavy atom. The second-order valence-electron chi connectivity index (χ2n) is 8.42. The average molecular weight is 452 g/mol. The van der Waals surface area contributed by atoms with Crippen molar-refractivity contribution in [3.05, 3.63) is 0 Å². The zero-order valence-electron chi connectivity index (χ0n) is 20.9. The minimum atomic E-state index is -4.42. The van der Waals surface area contributed by atoms with Crippen LogP contribution in [0.3, 0.4) is 0 Å². The van der Waals surface area contributed by atoms with Crippen LogP contribution in [0.25, 0.3) is 0 Å². The van der Waals surface area contributed by atoms with Crippen LogP contribution in [0, 0.1) is 0 Å². The maximum atomic E-state index is 9.45. The summed E-state index contributed by atoms with van der Waals surface area (Å²) in [6.07, 6.45) is 20.5. The molecule has 0 N–H and O–H groups in total. The van der Waals surface area contributed by atoms with Gasteiger partial charge in [-0.15, -0.1) is 0 Å². The molecule has 0 radical (unpaired) electrons. The second kappa shape index (κ2) is 22.0. The molecule has 6 heteroatoms.